The number of sulfone groups is 1. The standard InChI is InChI=1S/C13H21N3O3S2/c1-8-9(5-6-21(8,18)19)14-11(17)16-12-15-10(7-20-12)13(2,3)4/h7-9H,5-6H2,1-4H3,(H2,14,15,16,17)/t8-,9-/m0/s1. The van der Waals surface area contributed by atoms with Crippen molar-refractivity contribution >= 4 is 32.3 Å². The maximum atomic E-state index is 11.9. The van der Waals surface area contributed by atoms with Crippen molar-refractivity contribution in [2.45, 2.75) is 50.8 Å². The first kappa shape index (κ1) is 16.2. The van der Waals surface area contributed by atoms with Crippen molar-refractivity contribution < 1.29 is 13.2 Å². The maximum Gasteiger partial charge on any atom is 0.321 e. The number of aromatic nitrogens is 1. The average Bonchev–Trinajstić information content (AvgIpc) is 2.89. The number of carbonyl (C=O) groups excluding carboxylic acids is 1. The Morgan fingerprint density at radius 3 is 2.57 bits per heavy atom. The second kappa shape index (κ2) is 5.57. The molecule has 1 saturated heterocycles. The van der Waals surface area contributed by atoms with Gasteiger partial charge in [-0.15, -0.1) is 11.3 Å². The van der Waals surface area contributed by atoms with Crippen molar-refractivity contribution in [2.75, 3.05) is 11.1 Å². The minimum absolute atomic E-state index is 0.0685. The highest BCUT2D eigenvalue weighted by atomic mass is 32.2. The molecule has 118 valence electrons. The monoisotopic (exact) mass is 331 g/mol. The van der Waals surface area contributed by atoms with E-state index in [1.165, 1.54) is 11.3 Å². The highest BCUT2D eigenvalue weighted by Crippen LogP contribution is 2.26. The molecule has 1 fully saturated rings. The predicted molar refractivity (Wildman–Crippen MR) is 84.6 cm³/mol. The van der Waals surface area contributed by atoms with Gasteiger partial charge in [-0.1, -0.05) is 20.8 Å². The highest BCUT2D eigenvalue weighted by molar-refractivity contribution is 7.92. The van der Waals surface area contributed by atoms with Crippen LogP contribution in [0.1, 0.15) is 39.8 Å². The molecule has 0 unspecified atom stereocenters. The van der Waals surface area contributed by atoms with Gasteiger partial charge in [-0.2, -0.15) is 0 Å². The first-order valence-electron chi connectivity index (χ1n) is 6.85. The van der Waals surface area contributed by atoms with Crippen molar-refractivity contribution in [3.05, 3.63) is 11.1 Å². The van der Waals surface area contributed by atoms with E-state index in [1.54, 1.807) is 6.92 Å². The van der Waals surface area contributed by atoms with Crippen molar-refractivity contribution in [3.8, 4) is 0 Å². The minimum Gasteiger partial charge on any atom is -0.334 e. The van der Waals surface area contributed by atoms with Crippen LogP contribution in [-0.2, 0) is 15.3 Å². The lowest BCUT2D eigenvalue weighted by Gasteiger charge is -2.16. The molecule has 21 heavy (non-hydrogen) atoms. The van der Waals surface area contributed by atoms with E-state index < -0.39 is 21.1 Å². The van der Waals surface area contributed by atoms with Gasteiger partial charge in [0.05, 0.1) is 16.7 Å². The van der Waals surface area contributed by atoms with Crippen molar-refractivity contribution in [3.63, 3.8) is 0 Å². The SMILES string of the molecule is C[C@H]1[C@@H](NC(=O)Nc2nc(C(C)(C)C)cs2)CCS1(=O)=O. The second-order valence-electron chi connectivity index (χ2n) is 6.35. The summed E-state index contributed by atoms with van der Waals surface area (Å²) in [7, 11) is -3.06. The topological polar surface area (TPSA) is 88.2 Å². The molecule has 8 heteroatoms. The molecule has 0 saturated carbocycles. The largest absolute Gasteiger partial charge is 0.334 e. The van der Waals surface area contributed by atoms with Crippen LogP contribution in [0.15, 0.2) is 5.38 Å². The number of hydrogen-bond donors (Lipinski definition) is 2. The summed E-state index contributed by atoms with van der Waals surface area (Å²) in [4.78, 5) is 16.3. The lowest BCUT2D eigenvalue weighted by molar-refractivity contribution is 0.248. The number of hydrogen-bond acceptors (Lipinski definition) is 5. The molecule has 0 radical (unpaired) electrons. The number of carbonyl (C=O) groups is 1. The third-order valence-corrected chi connectivity index (χ3v) is 6.68. The number of amides is 2. The van der Waals surface area contributed by atoms with Gasteiger partial charge in [0.2, 0.25) is 0 Å². The average molecular weight is 331 g/mol. The number of nitrogens with one attached hydrogen (secondary N) is 2. The molecule has 1 aliphatic rings. The van der Waals surface area contributed by atoms with Crippen LogP contribution in [0.4, 0.5) is 9.93 Å². The van der Waals surface area contributed by atoms with E-state index in [-0.39, 0.29) is 17.2 Å². The third-order valence-electron chi connectivity index (χ3n) is 3.66. The van der Waals surface area contributed by atoms with Gasteiger partial charge in [0.15, 0.2) is 15.0 Å². The van der Waals surface area contributed by atoms with E-state index >= 15 is 0 Å². The van der Waals surface area contributed by atoms with E-state index in [2.05, 4.69) is 36.4 Å². The Labute approximate surface area is 129 Å². The summed E-state index contributed by atoms with van der Waals surface area (Å²) < 4.78 is 23.3. The van der Waals surface area contributed by atoms with Gasteiger partial charge < -0.3 is 5.32 Å². The lowest BCUT2D eigenvalue weighted by atomic mass is 9.93. The quantitative estimate of drug-likeness (QED) is 0.869. The summed E-state index contributed by atoms with van der Waals surface area (Å²) in [5.41, 5.74) is 0.848. The van der Waals surface area contributed by atoms with E-state index in [1.807, 2.05) is 5.38 Å². The minimum atomic E-state index is -3.06. The summed E-state index contributed by atoms with van der Waals surface area (Å²) in [5.74, 6) is 0.130. The van der Waals surface area contributed by atoms with Gasteiger partial charge in [0.25, 0.3) is 0 Å². The Hall–Kier alpha value is -1.15. The van der Waals surface area contributed by atoms with Gasteiger partial charge in [0, 0.05) is 16.8 Å². The summed E-state index contributed by atoms with van der Waals surface area (Å²) >= 11 is 1.36. The van der Waals surface area contributed by atoms with Gasteiger partial charge in [-0.05, 0) is 13.3 Å². The van der Waals surface area contributed by atoms with Crippen LogP contribution in [0.2, 0.25) is 0 Å². The van der Waals surface area contributed by atoms with E-state index in [0.29, 0.717) is 11.6 Å². The van der Waals surface area contributed by atoms with Gasteiger partial charge >= 0.3 is 6.03 Å². The van der Waals surface area contributed by atoms with Crippen LogP contribution >= 0.6 is 11.3 Å². The van der Waals surface area contributed by atoms with E-state index in [9.17, 15) is 13.2 Å². The molecule has 1 aliphatic heterocycles. The molecular weight excluding hydrogens is 310 g/mol. The van der Waals surface area contributed by atoms with Gasteiger partial charge in [-0.25, -0.2) is 18.2 Å². The molecule has 2 heterocycles. The van der Waals surface area contributed by atoms with Crippen LogP contribution in [-0.4, -0.2) is 36.5 Å². The van der Waals surface area contributed by atoms with Crippen molar-refractivity contribution in [1.29, 1.82) is 0 Å². The Balaban J connectivity index is 1.95. The van der Waals surface area contributed by atoms with Crippen molar-refractivity contribution in [2.24, 2.45) is 0 Å². The van der Waals surface area contributed by atoms with Crippen LogP contribution in [0, 0.1) is 0 Å². The molecule has 0 aromatic carbocycles. The van der Waals surface area contributed by atoms with Crippen molar-refractivity contribution in [1.82, 2.24) is 10.3 Å². The van der Waals surface area contributed by atoms with E-state index in [0.717, 1.165) is 5.69 Å². The first-order chi connectivity index (χ1) is 9.59. The number of urea groups is 1. The normalized spacial score (nSPS) is 24.8. The van der Waals surface area contributed by atoms with Gasteiger partial charge in [-0.3, -0.25) is 5.32 Å². The first-order valence-corrected chi connectivity index (χ1v) is 9.44. The molecule has 2 amide bonds. The summed E-state index contributed by atoms with van der Waals surface area (Å²) in [6.07, 6.45) is 0.460. The molecule has 2 atom stereocenters. The number of rotatable bonds is 2. The Morgan fingerprint density at radius 1 is 1.43 bits per heavy atom. The fraction of sp³-hybridized carbons (Fsp3) is 0.692. The fourth-order valence-corrected chi connectivity index (χ4v) is 4.72. The summed E-state index contributed by atoms with van der Waals surface area (Å²) in [6, 6.07) is -0.740. The van der Waals surface area contributed by atoms with Gasteiger partial charge in [0.1, 0.15) is 0 Å². The van der Waals surface area contributed by atoms with Crippen LogP contribution < -0.4 is 10.6 Å². The third kappa shape index (κ3) is 3.74. The molecule has 6 nitrogen and oxygen atoms in total. The fourth-order valence-electron chi connectivity index (χ4n) is 2.13. The Bertz CT molecular complexity index is 631. The Kier molecular flexibility index (Phi) is 4.30. The molecule has 0 bridgehead atoms. The zero-order chi connectivity index (χ0) is 15.8. The molecule has 1 aromatic rings. The summed E-state index contributed by atoms with van der Waals surface area (Å²) in [6.45, 7) is 7.79. The zero-order valence-corrected chi connectivity index (χ0v) is 14.3. The van der Waals surface area contributed by atoms with Crippen LogP contribution in [0.5, 0.6) is 0 Å². The number of anilines is 1. The zero-order valence-electron chi connectivity index (χ0n) is 12.6. The highest BCUT2D eigenvalue weighted by Gasteiger charge is 2.37. The Morgan fingerprint density at radius 2 is 2.10 bits per heavy atom. The van der Waals surface area contributed by atoms with E-state index in [4.69, 9.17) is 0 Å². The predicted octanol–water partition coefficient (Wildman–Crippen LogP) is 2.14. The molecule has 2 rings (SSSR count). The number of nitrogens with zero attached hydrogens (tertiary/aromatic N) is 1. The van der Waals surface area contributed by atoms with Crippen LogP contribution in [0.3, 0.4) is 0 Å². The number of thiazole rings is 1. The molecule has 0 aliphatic carbocycles. The smallest absolute Gasteiger partial charge is 0.321 e. The maximum absolute atomic E-state index is 11.9. The summed E-state index contributed by atoms with van der Waals surface area (Å²) in [5, 5.41) is 7.29. The molecule has 0 spiro atoms. The lowest BCUT2D eigenvalue weighted by Crippen LogP contribution is -2.42. The van der Waals surface area contributed by atoms with Crippen LogP contribution in [0.25, 0.3) is 0 Å². The second-order valence-corrected chi connectivity index (χ2v) is 9.69. The molecular formula is C13H21N3O3S2. The molecule has 2 N–H and O–H groups in total. The molecule has 1 aromatic heterocycles.